The fourth-order valence-electron chi connectivity index (χ4n) is 9.48. The maximum atomic E-state index is 6.93. The zero-order valence-corrected chi connectivity index (χ0v) is 30.8. The monoisotopic (exact) mass is 694 g/mol. The first-order valence-electron chi connectivity index (χ1n) is 18.8. The van der Waals surface area contributed by atoms with E-state index in [-0.39, 0.29) is 5.41 Å². The summed E-state index contributed by atoms with van der Waals surface area (Å²) in [5.74, 6) is 0. The summed E-state index contributed by atoms with van der Waals surface area (Å²) in [4.78, 5) is 2.42. The second-order valence-electron chi connectivity index (χ2n) is 15.6. The molecule has 2 aromatic heterocycles. The molecule has 0 aliphatic heterocycles. The minimum absolute atomic E-state index is 0.0966. The number of hydrogen-bond donors (Lipinski definition) is 0. The van der Waals surface area contributed by atoms with Gasteiger partial charge in [-0.15, -0.1) is 0 Å². The molecule has 8 aromatic carbocycles. The van der Waals surface area contributed by atoms with E-state index in [1.54, 1.807) is 0 Å². The summed E-state index contributed by atoms with van der Waals surface area (Å²) in [6, 6.07) is 57.8. The van der Waals surface area contributed by atoms with Crippen molar-refractivity contribution in [2.75, 3.05) is 4.90 Å². The van der Waals surface area contributed by atoms with Gasteiger partial charge in [0.15, 0.2) is 0 Å². The Bertz CT molecular complexity index is 3100. The van der Waals surface area contributed by atoms with E-state index in [1.807, 2.05) is 0 Å². The summed E-state index contributed by atoms with van der Waals surface area (Å²) in [7, 11) is 0. The summed E-state index contributed by atoms with van der Waals surface area (Å²) in [5, 5.41) is 7.20. The van der Waals surface area contributed by atoms with Crippen molar-refractivity contribution in [1.82, 2.24) is 4.57 Å². The van der Waals surface area contributed by atoms with E-state index in [2.05, 4.69) is 195 Å². The molecule has 0 bridgehead atoms. The molecule has 10 aromatic rings. The highest BCUT2D eigenvalue weighted by molar-refractivity contribution is 6.23. The topological polar surface area (TPSA) is 21.3 Å². The third-order valence-corrected chi connectivity index (χ3v) is 11.8. The fraction of sp³-hybridized carbons (Fsp3) is 0.0980. The SMILES string of the molecule is Cc1cc(C)cc(N(c2cccc(-n3c4ccccc4c4ccccc43)c2)c2cc3oc4cc5c(cc4c3c3ccccc23)C(C)(C)c2ccccc2-5)c1. The van der Waals surface area contributed by atoms with Gasteiger partial charge in [0.05, 0.1) is 16.7 Å². The van der Waals surface area contributed by atoms with Gasteiger partial charge in [0.2, 0.25) is 0 Å². The molecule has 0 spiro atoms. The molecule has 1 aliphatic carbocycles. The molecule has 0 radical (unpaired) electrons. The smallest absolute Gasteiger partial charge is 0.138 e. The van der Waals surface area contributed by atoms with Crippen LogP contribution in [0.4, 0.5) is 17.1 Å². The van der Waals surface area contributed by atoms with Crippen molar-refractivity contribution in [3.05, 3.63) is 180 Å². The molecule has 2 heterocycles. The molecular formula is C51H38N2O. The molecular weight excluding hydrogens is 657 g/mol. The molecule has 0 atom stereocenters. The van der Waals surface area contributed by atoms with E-state index in [0.717, 1.165) is 33.9 Å². The van der Waals surface area contributed by atoms with Crippen LogP contribution >= 0.6 is 0 Å². The normalized spacial score (nSPS) is 13.3. The fourth-order valence-corrected chi connectivity index (χ4v) is 9.48. The van der Waals surface area contributed by atoms with Crippen molar-refractivity contribution < 1.29 is 4.42 Å². The molecule has 11 rings (SSSR count). The van der Waals surface area contributed by atoms with Crippen LogP contribution in [0.3, 0.4) is 0 Å². The zero-order valence-electron chi connectivity index (χ0n) is 30.8. The Morgan fingerprint density at radius 2 is 1.13 bits per heavy atom. The molecule has 0 fully saturated rings. The first-order valence-corrected chi connectivity index (χ1v) is 18.8. The molecule has 0 amide bonds. The lowest BCUT2D eigenvalue weighted by Gasteiger charge is -2.28. The summed E-state index contributed by atoms with van der Waals surface area (Å²) in [6.07, 6.45) is 0. The van der Waals surface area contributed by atoms with E-state index < -0.39 is 0 Å². The molecule has 0 unspecified atom stereocenters. The highest BCUT2D eigenvalue weighted by atomic mass is 16.3. The maximum Gasteiger partial charge on any atom is 0.138 e. The molecule has 3 nitrogen and oxygen atoms in total. The van der Waals surface area contributed by atoms with E-state index in [9.17, 15) is 0 Å². The van der Waals surface area contributed by atoms with Gasteiger partial charge in [-0.3, -0.25) is 0 Å². The van der Waals surface area contributed by atoms with Gasteiger partial charge in [-0.25, -0.2) is 0 Å². The summed E-state index contributed by atoms with van der Waals surface area (Å²) in [5.41, 5.74) is 16.2. The van der Waals surface area contributed by atoms with Gasteiger partial charge in [0.25, 0.3) is 0 Å². The van der Waals surface area contributed by atoms with Crippen LogP contribution in [0.2, 0.25) is 0 Å². The minimum Gasteiger partial charge on any atom is -0.456 e. The van der Waals surface area contributed by atoms with Gasteiger partial charge < -0.3 is 13.9 Å². The maximum absolute atomic E-state index is 6.93. The summed E-state index contributed by atoms with van der Waals surface area (Å²) in [6.45, 7) is 9.06. The first-order chi connectivity index (χ1) is 26.3. The number of hydrogen-bond acceptors (Lipinski definition) is 2. The van der Waals surface area contributed by atoms with E-state index in [1.165, 1.54) is 76.7 Å². The highest BCUT2D eigenvalue weighted by Crippen LogP contribution is 2.52. The number of fused-ring (bicyclic) bond motifs is 11. The Morgan fingerprint density at radius 3 is 1.87 bits per heavy atom. The van der Waals surface area contributed by atoms with Crippen LogP contribution in [0.25, 0.3) is 71.3 Å². The largest absolute Gasteiger partial charge is 0.456 e. The Labute approximate surface area is 314 Å². The molecule has 0 saturated heterocycles. The van der Waals surface area contributed by atoms with Crippen LogP contribution in [0.1, 0.15) is 36.1 Å². The van der Waals surface area contributed by atoms with Crippen LogP contribution in [0.5, 0.6) is 0 Å². The van der Waals surface area contributed by atoms with Crippen molar-refractivity contribution in [2.24, 2.45) is 0 Å². The lowest BCUT2D eigenvalue weighted by molar-refractivity contribution is 0.658. The second kappa shape index (κ2) is 11.2. The third-order valence-electron chi connectivity index (χ3n) is 11.8. The van der Waals surface area contributed by atoms with Gasteiger partial charge in [0, 0.05) is 55.5 Å². The predicted octanol–water partition coefficient (Wildman–Crippen LogP) is 14.2. The Hall–Kier alpha value is -6.58. The number of aryl methyl sites for hydroxylation is 2. The van der Waals surface area contributed by atoms with Crippen LogP contribution in [-0.4, -0.2) is 4.57 Å². The molecule has 0 N–H and O–H groups in total. The zero-order chi connectivity index (χ0) is 36.3. The number of nitrogens with zero attached hydrogens (tertiary/aromatic N) is 2. The van der Waals surface area contributed by atoms with Crippen molar-refractivity contribution in [2.45, 2.75) is 33.1 Å². The van der Waals surface area contributed by atoms with E-state index in [4.69, 9.17) is 4.42 Å². The molecule has 0 saturated carbocycles. The number of anilines is 3. The number of para-hydroxylation sites is 2. The van der Waals surface area contributed by atoms with E-state index >= 15 is 0 Å². The van der Waals surface area contributed by atoms with Gasteiger partial charge in [0.1, 0.15) is 11.2 Å². The molecule has 54 heavy (non-hydrogen) atoms. The van der Waals surface area contributed by atoms with E-state index in [0.29, 0.717) is 0 Å². The van der Waals surface area contributed by atoms with Gasteiger partial charge in [-0.05, 0) is 107 Å². The van der Waals surface area contributed by atoms with Crippen LogP contribution in [0.15, 0.2) is 162 Å². The molecule has 1 aliphatic rings. The summed E-state index contributed by atoms with van der Waals surface area (Å²) >= 11 is 0. The average Bonchev–Trinajstić information content (AvgIpc) is 3.79. The van der Waals surface area contributed by atoms with Crippen LogP contribution in [0, 0.1) is 13.8 Å². The lowest BCUT2D eigenvalue weighted by Crippen LogP contribution is -2.14. The number of furan rings is 1. The first kappa shape index (κ1) is 31.0. The van der Waals surface area contributed by atoms with Gasteiger partial charge in [-0.2, -0.15) is 0 Å². The standard InChI is InChI=1S/C51H38N2O/c1-31-24-32(2)26-35(25-31)52(33-14-13-15-34(27-33)53-45-22-11-8-17-37(45)38-18-9-12-23-46(38)53)47-30-49-50(40-20-6-5-19-39(40)47)42-28-44-41(29-48(42)54-49)36-16-7-10-21-43(36)51(44,3)4/h5-30H,1-4H3. The quantitative estimate of drug-likeness (QED) is 0.183. The predicted molar refractivity (Wildman–Crippen MR) is 227 cm³/mol. The number of aromatic nitrogens is 1. The Balaban J connectivity index is 1.18. The van der Waals surface area contributed by atoms with Gasteiger partial charge >= 0.3 is 0 Å². The summed E-state index contributed by atoms with van der Waals surface area (Å²) < 4.78 is 9.32. The Morgan fingerprint density at radius 1 is 0.481 bits per heavy atom. The van der Waals surface area contributed by atoms with Crippen molar-refractivity contribution in [3.63, 3.8) is 0 Å². The number of rotatable bonds is 4. The third kappa shape index (κ3) is 4.36. The Kier molecular flexibility index (Phi) is 6.43. The highest BCUT2D eigenvalue weighted by Gasteiger charge is 2.36. The van der Waals surface area contributed by atoms with Crippen LogP contribution < -0.4 is 4.90 Å². The van der Waals surface area contributed by atoms with Crippen molar-refractivity contribution >= 4 is 71.6 Å². The van der Waals surface area contributed by atoms with Crippen LogP contribution in [-0.2, 0) is 5.41 Å². The van der Waals surface area contributed by atoms with Crippen molar-refractivity contribution in [1.29, 1.82) is 0 Å². The van der Waals surface area contributed by atoms with Gasteiger partial charge in [-0.1, -0.05) is 111 Å². The second-order valence-corrected chi connectivity index (χ2v) is 15.6. The van der Waals surface area contributed by atoms with Crippen molar-refractivity contribution in [3.8, 4) is 16.8 Å². The molecule has 258 valence electrons. The number of benzene rings is 8. The average molecular weight is 695 g/mol. The molecule has 3 heteroatoms. The minimum atomic E-state index is -0.0966. The lowest BCUT2D eigenvalue weighted by atomic mass is 9.82.